The van der Waals surface area contributed by atoms with Gasteiger partial charge in [-0.15, -0.1) is 11.3 Å². The number of hydrogen-bond acceptors (Lipinski definition) is 4. The Morgan fingerprint density at radius 2 is 1.85 bits per heavy atom. The zero-order chi connectivity index (χ0) is 18.5. The van der Waals surface area contributed by atoms with Crippen LogP contribution in [-0.4, -0.2) is 54.5 Å². The quantitative estimate of drug-likeness (QED) is 0.843. The minimum absolute atomic E-state index is 0.00579. The monoisotopic (exact) mass is 371 g/mol. The minimum atomic E-state index is 0.00579. The topological polar surface area (TPSA) is 35.6 Å². The third kappa shape index (κ3) is 4.53. The van der Waals surface area contributed by atoms with Crippen LogP contribution in [0.3, 0.4) is 0 Å². The van der Waals surface area contributed by atoms with Crippen LogP contribution in [0.1, 0.15) is 40.7 Å². The number of rotatable bonds is 6. The van der Waals surface area contributed by atoms with E-state index in [0.717, 1.165) is 38.3 Å². The van der Waals surface area contributed by atoms with E-state index in [1.165, 1.54) is 10.4 Å². The van der Waals surface area contributed by atoms with Crippen LogP contribution in [0.25, 0.3) is 0 Å². The van der Waals surface area contributed by atoms with E-state index in [9.17, 15) is 4.79 Å². The highest BCUT2D eigenvalue weighted by molar-refractivity contribution is 7.10. The number of benzene rings is 1. The third-order valence-electron chi connectivity index (χ3n) is 5.23. The Morgan fingerprint density at radius 3 is 2.42 bits per heavy atom. The number of thiophene rings is 1. The van der Waals surface area contributed by atoms with Gasteiger partial charge in [0.15, 0.2) is 0 Å². The van der Waals surface area contributed by atoms with Crippen molar-refractivity contribution in [3.63, 3.8) is 0 Å². The normalized spacial score (nSPS) is 18.4. The van der Waals surface area contributed by atoms with Crippen molar-refractivity contribution < 1.29 is 4.79 Å². The maximum absolute atomic E-state index is 12.7. The first-order valence-electron chi connectivity index (χ1n) is 9.46. The molecule has 2 atom stereocenters. The van der Waals surface area contributed by atoms with Crippen LogP contribution in [0.5, 0.6) is 0 Å². The SMILES string of the molecule is CCN1CCN([C@H](c2cccs2)[C@H](C)NC(=O)c2ccc(C)cc2)CC1. The van der Waals surface area contributed by atoms with Gasteiger partial charge in [0, 0.05) is 42.7 Å². The molecule has 4 nitrogen and oxygen atoms in total. The zero-order valence-electron chi connectivity index (χ0n) is 15.9. The molecule has 0 unspecified atom stereocenters. The largest absolute Gasteiger partial charge is 0.348 e. The van der Waals surface area contributed by atoms with Crippen molar-refractivity contribution in [1.29, 1.82) is 0 Å². The molecule has 1 aromatic heterocycles. The summed E-state index contributed by atoms with van der Waals surface area (Å²) in [4.78, 5) is 19.0. The van der Waals surface area contributed by atoms with E-state index >= 15 is 0 Å². The van der Waals surface area contributed by atoms with E-state index in [1.807, 2.05) is 31.2 Å². The molecular weight excluding hydrogens is 342 g/mol. The van der Waals surface area contributed by atoms with Gasteiger partial charge in [-0.25, -0.2) is 0 Å². The molecule has 1 aliphatic rings. The molecule has 0 bridgehead atoms. The van der Waals surface area contributed by atoms with Crippen molar-refractivity contribution in [2.45, 2.75) is 32.9 Å². The van der Waals surface area contributed by atoms with Gasteiger partial charge >= 0.3 is 0 Å². The van der Waals surface area contributed by atoms with E-state index in [1.54, 1.807) is 11.3 Å². The Kier molecular flexibility index (Phi) is 6.46. The Morgan fingerprint density at radius 1 is 1.15 bits per heavy atom. The van der Waals surface area contributed by atoms with Gasteiger partial charge in [0.2, 0.25) is 0 Å². The van der Waals surface area contributed by atoms with Crippen LogP contribution in [-0.2, 0) is 0 Å². The molecule has 0 aliphatic carbocycles. The van der Waals surface area contributed by atoms with Gasteiger partial charge < -0.3 is 10.2 Å². The highest BCUT2D eigenvalue weighted by atomic mass is 32.1. The molecule has 1 fully saturated rings. The Balaban J connectivity index is 1.72. The number of aryl methyl sites for hydroxylation is 1. The van der Waals surface area contributed by atoms with Gasteiger partial charge in [0.1, 0.15) is 0 Å². The first-order chi connectivity index (χ1) is 12.6. The molecule has 1 N–H and O–H groups in total. The second-order valence-electron chi connectivity index (χ2n) is 7.06. The zero-order valence-corrected chi connectivity index (χ0v) is 16.8. The summed E-state index contributed by atoms with van der Waals surface area (Å²) in [6, 6.07) is 12.3. The summed E-state index contributed by atoms with van der Waals surface area (Å²) in [5.74, 6) is 0.00579. The lowest BCUT2D eigenvalue weighted by atomic mass is 10.0. The molecule has 0 saturated carbocycles. The fourth-order valence-electron chi connectivity index (χ4n) is 3.63. The fourth-order valence-corrected chi connectivity index (χ4v) is 4.60. The highest BCUT2D eigenvalue weighted by Crippen LogP contribution is 2.29. The summed E-state index contributed by atoms with van der Waals surface area (Å²) in [5, 5.41) is 5.36. The minimum Gasteiger partial charge on any atom is -0.348 e. The molecular formula is C21H29N3OS. The molecule has 26 heavy (non-hydrogen) atoms. The van der Waals surface area contributed by atoms with Crippen LogP contribution in [0.2, 0.25) is 0 Å². The van der Waals surface area contributed by atoms with Gasteiger partial charge in [-0.2, -0.15) is 0 Å². The molecule has 1 aromatic carbocycles. The Hall–Kier alpha value is -1.69. The number of nitrogens with zero attached hydrogens (tertiary/aromatic N) is 2. The lowest BCUT2D eigenvalue weighted by Crippen LogP contribution is -2.52. The van der Waals surface area contributed by atoms with Gasteiger partial charge in [-0.05, 0) is 44.0 Å². The van der Waals surface area contributed by atoms with Crippen LogP contribution >= 0.6 is 11.3 Å². The molecule has 0 radical (unpaired) electrons. The molecule has 1 saturated heterocycles. The predicted molar refractivity (Wildman–Crippen MR) is 109 cm³/mol. The lowest BCUT2D eigenvalue weighted by Gasteiger charge is -2.41. The van der Waals surface area contributed by atoms with Gasteiger partial charge in [0.05, 0.1) is 6.04 Å². The van der Waals surface area contributed by atoms with Crippen molar-refractivity contribution in [2.75, 3.05) is 32.7 Å². The second-order valence-corrected chi connectivity index (χ2v) is 8.04. The summed E-state index contributed by atoms with van der Waals surface area (Å²) in [6.07, 6.45) is 0. The molecule has 3 rings (SSSR count). The summed E-state index contributed by atoms with van der Waals surface area (Å²) < 4.78 is 0. The summed E-state index contributed by atoms with van der Waals surface area (Å²) in [7, 11) is 0. The van der Waals surface area contributed by atoms with E-state index < -0.39 is 0 Å². The molecule has 5 heteroatoms. The lowest BCUT2D eigenvalue weighted by molar-refractivity contribution is 0.0753. The first kappa shape index (κ1) is 19.1. The van der Waals surface area contributed by atoms with Crippen molar-refractivity contribution >= 4 is 17.2 Å². The second kappa shape index (κ2) is 8.80. The number of hydrogen-bond donors (Lipinski definition) is 1. The molecule has 0 spiro atoms. The fraction of sp³-hybridized carbons (Fsp3) is 0.476. The van der Waals surface area contributed by atoms with Crippen molar-refractivity contribution in [3.8, 4) is 0 Å². The standard InChI is InChI=1S/C21H29N3OS/c1-4-23-11-13-24(14-12-23)20(19-6-5-15-26-19)17(3)22-21(25)18-9-7-16(2)8-10-18/h5-10,15,17,20H,4,11-14H2,1-3H3,(H,22,25)/t17-,20-/m0/s1. The van der Waals surface area contributed by atoms with E-state index in [4.69, 9.17) is 0 Å². The number of nitrogens with one attached hydrogen (secondary N) is 1. The molecule has 1 aliphatic heterocycles. The number of amides is 1. The van der Waals surface area contributed by atoms with Crippen molar-refractivity contribution in [2.24, 2.45) is 0 Å². The maximum Gasteiger partial charge on any atom is 0.251 e. The van der Waals surface area contributed by atoms with Crippen LogP contribution in [0, 0.1) is 6.92 Å². The smallest absolute Gasteiger partial charge is 0.251 e. The molecule has 140 valence electrons. The average Bonchev–Trinajstić information content (AvgIpc) is 3.17. The third-order valence-corrected chi connectivity index (χ3v) is 6.17. The first-order valence-corrected chi connectivity index (χ1v) is 10.3. The summed E-state index contributed by atoms with van der Waals surface area (Å²) in [5.41, 5.74) is 1.89. The van der Waals surface area contributed by atoms with Crippen LogP contribution < -0.4 is 5.32 Å². The van der Waals surface area contributed by atoms with Gasteiger partial charge in [0.25, 0.3) is 5.91 Å². The van der Waals surface area contributed by atoms with E-state index in [2.05, 4.69) is 46.5 Å². The number of carbonyl (C=O) groups excluding carboxylic acids is 1. The van der Waals surface area contributed by atoms with Gasteiger partial charge in [-0.1, -0.05) is 30.7 Å². The Labute approximate surface area is 160 Å². The molecule has 1 amide bonds. The Bertz CT molecular complexity index is 691. The summed E-state index contributed by atoms with van der Waals surface area (Å²) >= 11 is 1.78. The highest BCUT2D eigenvalue weighted by Gasteiger charge is 2.30. The van der Waals surface area contributed by atoms with E-state index in [0.29, 0.717) is 0 Å². The van der Waals surface area contributed by atoms with Crippen LogP contribution in [0.15, 0.2) is 41.8 Å². The molecule has 2 heterocycles. The number of carbonyl (C=O) groups is 1. The molecule has 2 aromatic rings. The van der Waals surface area contributed by atoms with Crippen molar-refractivity contribution in [3.05, 3.63) is 57.8 Å². The predicted octanol–water partition coefficient (Wildman–Crippen LogP) is 3.55. The summed E-state index contributed by atoms with van der Waals surface area (Å²) in [6.45, 7) is 11.8. The average molecular weight is 372 g/mol. The van der Waals surface area contributed by atoms with Crippen molar-refractivity contribution in [1.82, 2.24) is 15.1 Å². The van der Waals surface area contributed by atoms with E-state index in [-0.39, 0.29) is 18.0 Å². The number of likely N-dealkylation sites (N-methyl/N-ethyl adjacent to an activating group) is 1. The maximum atomic E-state index is 12.7. The van der Waals surface area contributed by atoms with Gasteiger partial charge in [-0.3, -0.25) is 9.69 Å². The van der Waals surface area contributed by atoms with Crippen LogP contribution in [0.4, 0.5) is 0 Å². The number of piperazine rings is 1.